The number of rotatable bonds is 11. The maximum atomic E-state index is 11.9. The SMILES string of the molecule is C=C(C)C(=C)OCC1(COc2ccc(-c3cccc(-c4cccc(OC(=O)C(=C)C)c4)c3)cc2)COC1. The molecule has 3 aromatic carbocycles. The Labute approximate surface area is 218 Å². The Hall–Kier alpha value is -4.09. The lowest BCUT2D eigenvalue weighted by molar-refractivity contribution is -0.156. The lowest BCUT2D eigenvalue weighted by Gasteiger charge is -2.40. The summed E-state index contributed by atoms with van der Waals surface area (Å²) in [5.74, 6) is 1.43. The molecule has 0 aliphatic carbocycles. The van der Waals surface area contributed by atoms with Crippen molar-refractivity contribution in [3.63, 3.8) is 0 Å². The molecule has 0 atom stereocenters. The molecule has 0 N–H and O–H groups in total. The predicted octanol–water partition coefficient (Wildman–Crippen LogP) is 7.00. The average Bonchev–Trinajstić information content (AvgIpc) is 2.88. The molecule has 1 saturated heterocycles. The third kappa shape index (κ3) is 6.57. The molecule has 1 heterocycles. The summed E-state index contributed by atoms with van der Waals surface area (Å²) in [6.45, 7) is 17.1. The molecule has 0 amide bonds. The van der Waals surface area contributed by atoms with Crippen LogP contribution in [0, 0.1) is 5.41 Å². The zero-order valence-corrected chi connectivity index (χ0v) is 21.4. The van der Waals surface area contributed by atoms with Gasteiger partial charge in [0.05, 0.1) is 18.6 Å². The van der Waals surface area contributed by atoms with Gasteiger partial charge in [0.1, 0.15) is 30.5 Å². The summed E-state index contributed by atoms with van der Waals surface area (Å²) in [4.78, 5) is 11.9. The number of allylic oxidation sites excluding steroid dienone is 1. The van der Waals surface area contributed by atoms with Crippen molar-refractivity contribution in [3.8, 4) is 33.8 Å². The molecule has 4 rings (SSSR count). The summed E-state index contributed by atoms with van der Waals surface area (Å²) >= 11 is 0. The van der Waals surface area contributed by atoms with Crippen LogP contribution in [0.15, 0.2) is 109 Å². The Bertz CT molecular complexity index is 1320. The highest BCUT2D eigenvalue weighted by Gasteiger charge is 2.41. The normalized spacial score (nSPS) is 13.7. The molecular weight excluding hydrogens is 464 g/mol. The van der Waals surface area contributed by atoms with Crippen LogP contribution in [0.2, 0.25) is 0 Å². The second-order valence-electron chi connectivity index (χ2n) is 9.58. The Morgan fingerprint density at radius 1 is 0.784 bits per heavy atom. The van der Waals surface area contributed by atoms with E-state index in [0.717, 1.165) is 33.6 Å². The first kappa shape index (κ1) is 26.0. The molecule has 1 fully saturated rings. The molecule has 0 unspecified atom stereocenters. The molecule has 0 saturated carbocycles. The highest BCUT2D eigenvalue weighted by molar-refractivity contribution is 5.89. The maximum absolute atomic E-state index is 11.9. The van der Waals surface area contributed by atoms with E-state index in [2.05, 4.69) is 31.9 Å². The number of ether oxygens (including phenoxy) is 4. The van der Waals surface area contributed by atoms with Crippen LogP contribution >= 0.6 is 0 Å². The summed E-state index contributed by atoms with van der Waals surface area (Å²) in [6.07, 6.45) is 0. The van der Waals surface area contributed by atoms with Crippen molar-refractivity contribution in [3.05, 3.63) is 109 Å². The zero-order valence-electron chi connectivity index (χ0n) is 21.4. The fourth-order valence-corrected chi connectivity index (χ4v) is 3.75. The predicted molar refractivity (Wildman–Crippen MR) is 146 cm³/mol. The van der Waals surface area contributed by atoms with Gasteiger partial charge in [0.25, 0.3) is 0 Å². The smallest absolute Gasteiger partial charge is 0.338 e. The quantitative estimate of drug-likeness (QED) is 0.0940. The van der Waals surface area contributed by atoms with Crippen molar-refractivity contribution in [2.24, 2.45) is 5.41 Å². The zero-order chi connectivity index (χ0) is 26.4. The lowest BCUT2D eigenvalue weighted by atomic mass is 9.88. The minimum Gasteiger partial charge on any atom is -0.493 e. The van der Waals surface area contributed by atoms with Crippen LogP contribution in [-0.2, 0) is 14.3 Å². The second-order valence-corrected chi connectivity index (χ2v) is 9.58. The van der Waals surface area contributed by atoms with Crippen LogP contribution in [0.4, 0.5) is 0 Å². The van der Waals surface area contributed by atoms with Crippen molar-refractivity contribution < 1.29 is 23.7 Å². The van der Waals surface area contributed by atoms with Crippen LogP contribution < -0.4 is 9.47 Å². The monoisotopic (exact) mass is 496 g/mol. The van der Waals surface area contributed by atoms with Gasteiger partial charge in [0.15, 0.2) is 0 Å². The number of carbonyl (C=O) groups excluding carboxylic acids is 1. The largest absolute Gasteiger partial charge is 0.493 e. The van der Waals surface area contributed by atoms with Crippen molar-refractivity contribution in [1.29, 1.82) is 0 Å². The Balaban J connectivity index is 1.42. The molecule has 0 radical (unpaired) electrons. The first-order valence-electron chi connectivity index (χ1n) is 12.1. The highest BCUT2D eigenvalue weighted by Crippen LogP contribution is 2.32. The average molecular weight is 497 g/mol. The molecule has 1 aliphatic rings. The summed E-state index contributed by atoms with van der Waals surface area (Å²) in [5, 5.41) is 0. The summed E-state index contributed by atoms with van der Waals surface area (Å²) in [5.41, 5.74) is 5.12. The van der Waals surface area contributed by atoms with E-state index in [1.54, 1.807) is 13.0 Å². The molecule has 0 spiro atoms. The molecular formula is C32H32O5. The summed E-state index contributed by atoms with van der Waals surface area (Å²) < 4.78 is 22.7. The fourth-order valence-electron chi connectivity index (χ4n) is 3.75. The van der Waals surface area contributed by atoms with Gasteiger partial charge in [-0.05, 0) is 72.0 Å². The number of hydrogen-bond donors (Lipinski definition) is 0. The Morgan fingerprint density at radius 3 is 2.00 bits per heavy atom. The van der Waals surface area contributed by atoms with Gasteiger partial charge in [-0.1, -0.05) is 62.2 Å². The minimum atomic E-state index is -0.436. The Morgan fingerprint density at radius 2 is 1.41 bits per heavy atom. The molecule has 37 heavy (non-hydrogen) atoms. The third-order valence-electron chi connectivity index (χ3n) is 6.17. The van der Waals surface area contributed by atoms with Crippen LogP contribution in [-0.4, -0.2) is 32.4 Å². The lowest BCUT2D eigenvalue weighted by Crippen LogP contribution is -2.50. The van der Waals surface area contributed by atoms with E-state index in [-0.39, 0.29) is 5.41 Å². The molecule has 0 bridgehead atoms. The van der Waals surface area contributed by atoms with E-state index in [0.29, 0.717) is 43.5 Å². The summed E-state index contributed by atoms with van der Waals surface area (Å²) in [7, 11) is 0. The van der Waals surface area contributed by atoms with Crippen LogP contribution in [0.3, 0.4) is 0 Å². The molecule has 190 valence electrons. The molecule has 3 aromatic rings. The van der Waals surface area contributed by atoms with E-state index >= 15 is 0 Å². The third-order valence-corrected chi connectivity index (χ3v) is 6.17. The van der Waals surface area contributed by atoms with Crippen molar-refractivity contribution in [2.75, 3.05) is 26.4 Å². The summed E-state index contributed by atoms with van der Waals surface area (Å²) in [6, 6.07) is 23.7. The van der Waals surface area contributed by atoms with Crippen molar-refractivity contribution in [2.45, 2.75) is 13.8 Å². The van der Waals surface area contributed by atoms with Crippen LogP contribution in [0.5, 0.6) is 11.5 Å². The van der Waals surface area contributed by atoms with Crippen LogP contribution in [0.1, 0.15) is 13.8 Å². The fraction of sp³-hybridized carbons (Fsp3) is 0.219. The van der Waals surface area contributed by atoms with Gasteiger partial charge in [0.2, 0.25) is 0 Å². The highest BCUT2D eigenvalue weighted by atomic mass is 16.5. The van der Waals surface area contributed by atoms with Gasteiger partial charge in [-0.2, -0.15) is 0 Å². The number of esters is 1. The minimum absolute atomic E-state index is 0.182. The van der Waals surface area contributed by atoms with Crippen molar-refractivity contribution in [1.82, 2.24) is 0 Å². The standard InChI is InChI=1S/C32H32O5/c1-22(2)24(5)35-20-32(18-34-19-32)21-36-29-14-12-25(13-15-29)26-8-6-9-27(16-26)28-10-7-11-30(17-28)37-31(33)23(3)4/h6-17H,1,3,5,18-21H2,2,4H3. The number of hydrogen-bond acceptors (Lipinski definition) is 5. The topological polar surface area (TPSA) is 54.0 Å². The van der Waals surface area contributed by atoms with Gasteiger partial charge in [-0.3, -0.25) is 0 Å². The van der Waals surface area contributed by atoms with Gasteiger partial charge in [-0.25, -0.2) is 4.79 Å². The van der Waals surface area contributed by atoms with Gasteiger partial charge >= 0.3 is 5.97 Å². The number of benzene rings is 3. The molecule has 5 nitrogen and oxygen atoms in total. The van der Waals surface area contributed by atoms with E-state index in [1.165, 1.54) is 0 Å². The first-order valence-corrected chi connectivity index (χ1v) is 12.1. The molecule has 1 aliphatic heterocycles. The Kier molecular flexibility index (Phi) is 7.95. The van der Waals surface area contributed by atoms with E-state index < -0.39 is 5.97 Å². The second kappa shape index (κ2) is 11.3. The van der Waals surface area contributed by atoms with Gasteiger partial charge in [0, 0.05) is 5.57 Å². The maximum Gasteiger partial charge on any atom is 0.338 e. The first-order chi connectivity index (χ1) is 17.7. The molecule has 5 heteroatoms. The number of carbonyl (C=O) groups is 1. The van der Waals surface area contributed by atoms with E-state index in [1.807, 2.05) is 61.5 Å². The van der Waals surface area contributed by atoms with Crippen LogP contribution in [0.25, 0.3) is 22.3 Å². The van der Waals surface area contributed by atoms with Gasteiger partial charge < -0.3 is 18.9 Å². The molecule has 0 aromatic heterocycles. The van der Waals surface area contributed by atoms with Crippen molar-refractivity contribution >= 4 is 5.97 Å². The van der Waals surface area contributed by atoms with Gasteiger partial charge in [-0.15, -0.1) is 0 Å². The van der Waals surface area contributed by atoms with E-state index in [4.69, 9.17) is 18.9 Å². The van der Waals surface area contributed by atoms with E-state index in [9.17, 15) is 4.79 Å².